The first-order chi connectivity index (χ1) is 16.6. The molecule has 2 aromatic carbocycles. The lowest BCUT2D eigenvalue weighted by atomic mass is 9.90. The second-order valence-electron chi connectivity index (χ2n) is 9.53. The van der Waals surface area contributed by atoms with Crippen molar-refractivity contribution in [2.75, 3.05) is 25.7 Å². The summed E-state index contributed by atoms with van der Waals surface area (Å²) in [4.78, 5) is 29.8. The van der Waals surface area contributed by atoms with E-state index in [0.717, 1.165) is 11.1 Å². The van der Waals surface area contributed by atoms with Crippen molar-refractivity contribution in [3.63, 3.8) is 0 Å². The molecule has 1 aliphatic rings. The van der Waals surface area contributed by atoms with Gasteiger partial charge in [-0.2, -0.15) is 0 Å². The molecular weight excluding hydrogens is 448 g/mol. The number of methoxy groups -OCH3 is 2. The topological polar surface area (TPSA) is 77.5 Å². The fraction of sp³-hybridized carbons (Fsp3) is 0.481. The number of hydrogen-bond acceptors (Lipinski definition) is 6. The molecule has 0 saturated carbocycles. The molecule has 0 aliphatic carbocycles. The Kier molecular flexibility index (Phi) is 8.14. The Hall–Kier alpha value is -3.42. The van der Waals surface area contributed by atoms with Crippen molar-refractivity contribution in [1.82, 2.24) is 4.90 Å². The number of ether oxygens (including phenoxy) is 4. The SMILES string of the molecule is CCOC(=O)N(Cc1ccccc1)[C@@H]1C[C@H](C)N(C(=O)OC(C)(C)C)c2cc(OC)c(OC)cc21. The molecule has 2 atom stereocenters. The van der Waals surface area contributed by atoms with E-state index >= 15 is 0 Å². The molecule has 8 nitrogen and oxygen atoms in total. The van der Waals surface area contributed by atoms with E-state index in [4.69, 9.17) is 18.9 Å². The molecule has 35 heavy (non-hydrogen) atoms. The van der Waals surface area contributed by atoms with E-state index in [1.165, 1.54) is 0 Å². The largest absolute Gasteiger partial charge is 0.493 e. The number of nitrogens with zero attached hydrogens (tertiary/aromatic N) is 2. The Morgan fingerprint density at radius 3 is 2.26 bits per heavy atom. The van der Waals surface area contributed by atoms with Crippen LogP contribution in [-0.4, -0.2) is 49.6 Å². The summed E-state index contributed by atoms with van der Waals surface area (Å²) < 4.78 is 22.3. The molecule has 1 aliphatic heterocycles. The minimum absolute atomic E-state index is 0.256. The lowest BCUT2D eigenvalue weighted by molar-refractivity contribution is 0.0542. The van der Waals surface area contributed by atoms with Crippen molar-refractivity contribution in [3.05, 3.63) is 53.6 Å². The van der Waals surface area contributed by atoms with Crippen molar-refractivity contribution in [2.24, 2.45) is 0 Å². The Balaban J connectivity index is 2.14. The zero-order valence-electron chi connectivity index (χ0n) is 21.7. The highest BCUT2D eigenvalue weighted by atomic mass is 16.6. The Labute approximate surface area is 207 Å². The molecular formula is C27H36N2O6. The monoisotopic (exact) mass is 484 g/mol. The van der Waals surface area contributed by atoms with E-state index in [9.17, 15) is 9.59 Å². The van der Waals surface area contributed by atoms with E-state index in [2.05, 4.69) is 0 Å². The lowest BCUT2D eigenvalue weighted by Gasteiger charge is -2.43. The Bertz CT molecular complexity index is 1030. The number of hydrogen-bond donors (Lipinski definition) is 0. The first kappa shape index (κ1) is 26.2. The third-order valence-electron chi connectivity index (χ3n) is 5.82. The van der Waals surface area contributed by atoms with Crippen LogP contribution in [0.3, 0.4) is 0 Å². The lowest BCUT2D eigenvalue weighted by Crippen LogP contribution is -2.49. The summed E-state index contributed by atoms with van der Waals surface area (Å²) >= 11 is 0. The van der Waals surface area contributed by atoms with Gasteiger partial charge in [0, 0.05) is 24.2 Å². The van der Waals surface area contributed by atoms with Crippen LogP contribution in [0.2, 0.25) is 0 Å². The van der Waals surface area contributed by atoms with Crippen LogP contribution >= 0.6 is 0 Å². The third-order valence-corrected chi connectivity index (χ3v) is 5.82. The summed E-state index contributed by atoms with van der Waals surface area (Å²) in [5, 5.41) is 0. The van der Waals surface area contributed by atoms with Crippen LogP contribution in [-0.2, 0) is 16.0 Å². The molecule has 0 aromatic heterocycles. The molecule has 0 spiro atoms. The number of carbonyl (C=O) groups is 2. The van der Waals surface area contributed by atoms with Crippen LogP contribution in [0.5, 0.6) is 11.5 Å². The van der Waals surface area contributed by atoms with Gasteiger partial charge in [-0.1, -0.05) is 30.3 Å². The summed E-state index contributed by atoms with van der Waals surface area (Å²) in [6, 6.07) is 12.7. The molecule has 8 heteroatoms. The average molecular weight is 485 g/mol. The minimum Gasteiger partial charge on any atom is -0.493 e. The summed E-state index contributed by atoms with van der Waals surface area (Å²) in [5.41, 5.74) is 1.69. The maximum atomic E-state index is 13.3. The van der Waals surface area contributed by atoms with E-state index in [1.807, 2.05) is 64.1 Å². The predicted octanol–water partition coefficient (Wildman–Crippen LogP) is 5.94. The molecule has 0 N–H and O–H groups in total. The molecule has 1 heterocycles. The van der Waals surface area contributed by atoms with Crippen molar-refractivity contribution in [3.8, 4) is 11.5 Å². The van der Waals surface area contributed by atoms with Gasteiger partial charge in [0.2, 0.25) is 0 Å². The van der Waals surface area contributed by atoms with Crippen LogP contribution < -0.4 is 14.4 Å². The number of anilines is 1. The second-order valence-corrected chi connectivity index (χ2v) is 9.53. The van der Waals surface area contributed by atoms with Gasteiger partial charge in [0.15, 0.2) is 11.5 Å². The fourth-order valence-corrected chi connectivity index (χ4v) is 4.33. The van der Waals surface area contributed by atoms with Crippen LogP contribution in [0.25, 0.3) is 0 Å². The van der Waals surface area contributed by atoms with E-state index in [1.54, 1.807) is 37.0 Å². The molecule has 0 saturated heterocycles. The van der Waals surface area contributed by atoms with E-state index < -0.39 is 17.8 Å². The summed E-state index contributed by atoms with van der Waals surface area (Å²) in [6.07, 6.45) is -0.379. The summed E-state index contributed by atoms with van der Waals surface area (Å²) in [7, 11) is 3.11. The molecule has 0 radical (unpaired) electrons. The molecule has 0 bridgehead atoms. The minimum atomic E-state index is -0.658. The fourth-order valence-electron chi connectivity index (χ4n) is 4.33. The number of rotatable bonds is 6. The highest BCUT2D eigenvalue weighted by Crippen LogP contribution is 2.46. The van der Waals surface area contributed by atoms with E-state index in [-0.39, 0.29) is 18.7 Å². The van der Waals surface area contributed by atoms with Crippen molar-refractivity contribution < 1.29 is 28.5 Å². The smallest absolute Gasteiger partial charge is 0.415 e. The maximum absolute atomic E-state index is 13.3. The van der Waals surface area contributed by atoms with Gasteiger partial charge >= 0.3 is 12.2 Å². The van der Waals surface area contributed by atoms with Gasteiger partial charge in [-0.05, 0) is 52.7 Å². The molecule has 0 fully saturated rings. The van der Waals surface area contributed by atoms with Crippen LogP contribution in [0.4, 0.5) is 15.3 Å². The standard InChI is InChI=1S/C27H36N2O6/c1-8-34-25(30)28(17-19-12-10-9-11-13-19)21-14-18(2)29(26(31)35-27(3,4)5)22-16-24(33-7)23(32-6)15-20(21)22/h9-13,15-16,18,21H,8,14,17H2,1-7H3/t18-,21+/m0/s1. The molecule has 2 amide bonds. The van der Waals surface area contributed by atoms with Gasteiger partial charge in [-0.25, -0.2) is 9.59 Å². The highest BCUT2D eigenvalue weighted by Gasteiger charge is 2.41. The van der Waals surface area contributed by atoms with Gasteiger partial charge in [-0.3, -0.25) is 9.80 Å². The van der Waals surface area contributed by atoms with Crippen molar-refractivity contribution in [1.29, 1.82) is 0 Å². The zero-order valence-corrected chi connectivity index (χ0v) is 21.7. The van der Waals surface area contributed by atoms with Gasteiger partial charge in [-0.15, -0.1) is 0 Å². The first-order valence-corrected chi connectivity index (χ1v) is 11.8. The van der Waals surface area contributed by atoms with Gasteiger partial charge < -0.3 is 18.9 Å². The zero-order chi connectivity index (χ0) is 25.8. The molecule has 2 aromatic rings. The normalized spacial score (nSPS) is 17.3. The number of carbonyl (C=O) groups excluding carboxylic acids is 2. The van der Waals surface area contributed by atoms with Crippen molar-refractivity contribution >= 4 is 17.9 Å². The highest BCUT2D eigenvalue weighted by molar-refractivity contribution is 5.91. The van der Waals surface area contributed by atoms with Crippen LogP contribution in [0.15, 0.2) is 42.5 Å². The Morgan fingerprint density at radius 2 is 1.69 bits per heavy atom. The second kappa shape index (κ2) is 10.9. The third kappa shape index (κ3) is 5.99. The molecule has 3 rings (SSSR count). The van der Waals surface area contributed by atoms with Crippen molar-refractivity contribution in [2.45, 2.75) is 65.3 Å². The molecule has 190 valence electrons. The summed E-state index contributed by atoms with van der Waals surface area (Å²) in [5.74, 6) is 0.997. The predicted molar refractivity (Wildman–Crippen MR) is 134 cm³/mol. The summed E-state index contributed by atoms with van der Waals surface area (Å²) in [6.45, 7) is 9.85. The first-order valence-electron chi connectivity index (χ1n) is 11.8. The van der Waals surface area contributed by atoms with Gasteiger partial charge in [0.25, 0.3) is 0 Å². The van der Waals surface area contributed by atoms with Gasteiger partial charge in [0.1, 0.15) is 5.60 Å². The maximum Gasteiger partial charge on any atom is 0.415 e. The number of benzene rings is 2. The van der Waals surface area contributed by atoms with Gasteiger partial charge in [0.05, 0.1) is 32.6 Å². The molecule has 0 unspecified atom stereocenters. The average Bonchev–Trinajstić information content (AvgIpc) is 2.80. The quantitative estimate of drug-likeness (QED) is 0.505. The van der Waals surface area contributed by atoms with Crippen LogP contribution in [0, 0.1) is 0 Å². The Morgan fingerprint density at radius 1 is 1.06 bits per heavy atom. The number of amides is 2. The van der Waals surface area contributed by atoms with Crippen LogP contribution in [0.1, 0.15) is 58.2 Å². The number of fused-ring (bicyclic) bond motifs is 1. The van der Waals surface area contributed by atoms with E-state index in [0.29, 0.717) is 30.2 Å².